The first kappa shape index (κ1) is 27.6. The molecule has 1 aromatic rings. The first-order valence-electron chi connectivity index (χ1n) is 11.5. The van der Waals surface area contributed by atoms with Gasteiger partial charge >= 0.3 is 0 Å². The monoisotopic (exact) mass is 501 g/mol. The van der Waals surface area contributed by atoms with E-state index in [2.05, 4.69) is 0 Å². The zero-order chi connectivity index (χ0) is 24.4. The third-order valence-electron chi connectivity index (χ3n) is 5.86. The quantitative estimate of drug-likeness (QED) is 0.439. The highest BCUT2D eigenvalue weighted by Crippen LogP contribution is 2.21. The molecule has 33 heavy (non-hydrogen) atoms. The van der Waals surface area contributed by atoms with Crippen molar-refractivity contribution in [1.82, 2.24) is 14.1 Å². The van der Waals surface area contributed by atoms with Gasteiger partial charge in [0.1, 0.15) is 0 Å². The molecule has 0 saturated carbocycles. The van der Waals surface area contributed by atoms with Crippen LogP contribution in [-0.2, 0) is 30.9 Å². The Morgan fingerprint density at radius 3 is 2.33 bits per heavy atom. The van der Waals surface area contributed by atoms with Gasteiger partial charge in [-0.3, -0.25) is 9.59 Å². The number of carbonyl (C=O) groups excluding carboxylic acids is 2. The van der Waals surface area contributed by atoms with Gasteiger partial charge in [0.05, 0.1) is 18.9 Å². The third kappa shape index (κ3) is 8.24. The number of benzene rings is 1. The molecule has 1 aliphatic rings. The minimum atomic E-state index is -3.57. The molecule has 1 aliphatic heterocycles. The lowest BCUT2D eigenvalue weighted by molar-refractivity contribution is -0.137. The lowest BCUT2D eigenvalue weighted by Crippen LogP contribution is -2.51. The molecule has 0 unspecified atom stereocenters. The van der Waals surface area contributed by atoms with Crippen LogP contribution in [0.15, 0.2) is 24.3 Å². The van der Waals surface area contributed by atoms with Gasteiger partial charge in [0, 0.05) is 50.8 Å². The maximum atomic E-state index is 13.5. The standard InChI is InChI=1S/C23H36ClN3O5S/c1-4-16-33(30,31)26(14-15-32-3)18-23(29)27(17-19-6-8-20(24)9-7-19)21-10-12-25(13-11-21)22(28)5-2/h6-9,21H,4-5,10-18H2,1-3H3. The van der Waals surface area contributed by atoms with Gasteiger partial charge in [0.15, 0.2) is 0 Å². The van der Waals surface area contributed by atoms with E-state index in [0.717, 1.165) is 5.56 Å². The van der Waals surface area contributed by atoms with Crippen LogP contribution in [-0.4, -0.2) is 86.0 Å². The van der Waals surface area contributed by atoms with Crippen LogP contribution in [0.5, 0.6) is 0 Å². The molecule has 0 N–H and O–H groups in total. The second-order valence-electron chi connectivity index (χ2n) is 8.26. The summed E-state index contributed by atoms with van der Waals surface area (Å²) in [5.41, 5.74) is 0.916. The number of piperidine rings is 1. The van der Waals surface area contributed by atoms with Crippen LogP contribution < -0.4 is 0 Å². The Kier molecular flexibility index (Phi) is 11.1. The van der Waals surface area contributed by atoms with Crippen LogP contribution in [0.1, 0.15) is 45.1 Å². The molecule has 0 spiro atoms. The molecule has 0 aromatic heterocycles. The number of nitrogens with zero attached hydrogens (tertiary/aromatic N) is 3. The van der Waals surface area contributed by atoms with Gasteiger partial charge < -0.3 is 14.5 Å². The van der Waals surface area contributed by atoms with Gasteiger partial charge in [-0.25, -0.2) is 8.42 Å². The minimum absolute atomic E-state index is 0.0152. The number of ether oxygens (including phenoxy) is 1. The van der Waals surface area contributed by atoms with Crippen LogP contribution in [0.4, 0.5) is 0 Å². The molecule has 0 aliphatic carbocycles. The fourth-order valence-electron chi connectivity index (χ4n) is 4.00. The summed E-state index contributed by atoms with van der Waals surface area (Å²) < 4.78 is 31.8. The van der Waals surface area contributed by atoms with Crippen LogP contribution in [0, 0.1) is 0 Å². The number of rotatable bonds is 12. The molecule has 2 amide bonds. The number of halogens is 1. The van der Waals surface area contributed by atoms with Crippen molar-refractivity contribution < 1.29 is 22.7 Å². The molecule has 1 fully saturated rings. The Hall–Kier alpha value is -1.68. The highest BCUT2D eigenvalue weighted by molar-refractivity contribution is 7.89. The number of carbonyl (C=O) groups is 2. The third-order valence-corrected chi connectivity index (χ3v) is 8.13. The zero-order valence-electron chi connectivity index (χ0n) is 19.8. The molecule has 1 heterocycles. The minimum Gasteiger partial charge on any atom is -0.383 e. The van der Waals surface area contributed by atoms with Gasteiger partial charge in [0.2, 0.25) is 21.8 Å². The summed E-state index contributed by atoms with van der Waals surface area (Å²) in [7, 11) is -2.07. The maximum absolute atomic E-state index is 13.5. The molecule has 186 valence electrons. The Labute approximate surface area is 202 Å². The molecular weight excluding hydrogens is 466 g/mol. The summed E-state index contributed by atoms with van der Waals surface area (Å²) in [6, 6.07) is 7.22. The number of methoxy groups -OCH3 is 1. The normalized spacial score (nSPS) is 15.1. The van der Waals surface area contributed by atoms with E-state index in [1.807, 2.05) is 24.0 Å². The molecule has 1 saturated heterocycles. The van der Waals surface area contributed by atoms with Crippen molar-refractivity contribution in [3.05, 3.63) is 34.9 Å². The summed E-state index contributed by atoms with van der Waals surface area (Å²) in [6.45, 7) is 5.28. The van der Waals surface area contributed by atoms with Gasteiger partial charge in [-0.05, 0) is 37.0 Å². The average Bonchev–Trinajstić information content (AvgIpc) is 2.80. The van der Waals surface area contributed by atoms with Crippen molar-refractivity contribution in [2.24, 2.45) is 0 Å². The van der Waals surface area contributed by atoms with Gasteiger partial charge in [0.25, 0.3) is 0 Å². The van der Waals surface area contributed by atoms with E-state index >= 15 is 0 Å². The summed E-state index contributed by atoms with van der Waals surface area (Å²) in [4.78, 5) is 29.1. The molecule has 2 rings (SSSR count). The first-order chi connectivity index (χ1) is 15.7. The van der Waals surface area contributed by atoms with Gasteiger partial charge in [-0.1, -0.05) is 37.6 Å². The topological polar surface area (TPSA) is 87.2 Å². The van der Waals surface area contributed by atoms with Crippen molar-refractivity contribution in [2.45, 2.75) is 52.1 Å². The predicted molar refractivity (Wildman–Crippen MR) is 129 cm³/mol. The molecular formula is C23H36ClN3O5S. The molecule has 0 bridgehead atoms. The van der Waals surface area contributed by atoms with E-state index in [1.165, 1.54) is 11.4 Å². The average molecular weight is 502 g/mol. The van der Waals surface area contributed by atoms with Crippen molar-refractivity contribution in [2.75, 3.05) is 45.6 Å². The maximum Gasteiger partial charge on any atom is 0.238 e. The van der Waals surface area contributed by atoms with E-state index in [1.54, 1.807) is 24.0 Å². The van der Waals surface area contributed by atoms with Crippen molar-refractivity contribution in [1.29, 1.82) is 0 Å². The summed E-state index contributed by atoms with van der Waals surface area (Å²) in [5.74, 6) is -0.153. The van der Waals surface area contributed by atoms with E-state index in [4.69, 9.17) is 16.3 Å². The van der Waals surface area contributed by atoms with E-state index in [9.17, 15) is 18.0 Å². The van der Waals surface area contributed by atoms with Crippen LogP contribution >= 0.6 is 11.6 Å². The van der Waals surface area contributed by atoms with E-state index in [-0.39, 0.29) is 43.3 Å². The summed E-state index contributed by atoms with van der Waals surface area (Å²) in [6.07, 6.45) is 2.25. The number of amides is 2. The Morgan fingerprint density at radius 1 is 1.15 bits per heavy atom. The van der Waals surface area contributed by atoms with Gasteiger partial charge in [-0.2, -0.15) is 4.31 Å². The molecule has 0 atom stereocenters. The predicted octanol–water partition coefficient (Wildman–Crippen LogP) is 2.76. The largest absolute Gasteiger partial charge is 0.383 e. The number of sulfonamides is 1. The molecule has 10 heteroatoms. The Morgan fingerprint density at radius 2 is 1.79 bits per heavy atom. The SMILES string of the molecule is CCCS(=O)(=O)N(CCOC)CC(=O)N(Cc1ccc(Cl)cc1)C1CCN(C(=O)CC)CC1. The highest BCUT2D eigenvalue weighted by atomic mass is 35.5. The Balaban J connectivity index is 2.22. The van der Waals surface area contributed by atoms with Crippen molar-refractivity contribution in [3.8, 4) is 0 Å². The highest BCUT2D eigenvalue weighted by Gasteiger charge is 2.32. The fraction of sp³-hybridized carbons (Fsp3) is 0.652. The molecule has 1 aromatic carbocycles. The van der Waals surface area contributed by atoms with Crippen LogP contribution in [0.2, 0.25) is 5.02 Å². The fourth-order valence-corrected chi connectivity index (χ4v) is 5.56. The van der Waals surface area contributed by atoms with E-state index in [0.29, 0.717) is 50.3 Å². The van der Waals surface area contributed by atoms with Crippen molar-refractivity contribution in [3.63, 3.8) is 0 Å². The number of likely N-dealkylation sites (tertiary alicyclic amines) is 1. The molecule has 8 nitrogen and oxygen atoms in total. The van der Waals surface area contributed by atoms with Crippen molar-refractivity contribution >= 4 is 33.4 Å². The number of hydrogen-bond acceptors (Lipinski definition) is 5. The molecule has 0 radical (unpaired) electrons. The smallest absolute Gasteiger partial charge is 0.238 e. The summed E-state index contributed by atoms with van der Waals surface area (Å²) >= 11 is 6.01. The van der Waals surface area contributed by atoms with Crippen LogP contribution in [0.25, 0.3) is 0 Å². The van der Waals surface area contributed by atoms with Gasteiger partial charge in [-0.15, -0.1) is 0 Å². The Bertz CT molecular complexity index is 871. The number of hydrogen-bond donors (Lipinski definition) is 0. The lowest BCUT2D eigenvalue weighted by atomic mass is 10.0. The zero-order valence-corrected chi connectivity index (χ0v) is 21.4. The summed E-state index contributed by atoms with van der Waals surface area (Å²) in [5, 5.41) is 0.611. The lowest BCUT2D eigenvalue weighted by Gasteiger charge is -2.39. The second-order valence-corrected chi connectivity index (χ2v) is 10.8. The first-order valence-corrected chi connectivity index (χ1v) is 13.5. The van der Waals surface area contributed by atoms with Crippen LogP contribution in [0.3, 0.4) is 0 Å². The van der Waals surface area contributed by atoms with E-state index < -0.39 is 10.0 Å². The second kappa shape index (κ2) is 13.3.